The second-order valence-corrected chi connectivity index (χ2v) is 8.83. The van der Waals surface area contributed by atoms with Crippen LogP contribution in [0.3, 0.4) is 0 Å². The molecule has 0 radical (unpaired) electrons. The van der Waals surface area contributed by atoms with Crippen molar-refractivity contribution in [2.24, 2.45) is 17.6 Å². The topological polar surface area (TPSA) is 133 Å². The van der Waals surface area contributed by atoms with Gasteiger partial charge in [-0.3, -0.25) is 19.2 Å². The number of aliphatic hydroxyl groups excluding tert-OH is 1. The van der Waals surface area contributed by atoms with Gasteiger partial charge in [0.2, 0.25) is 23.6 Å². The Hall–Kier alpha value is -2.42. The summed E-state index contributed by atoms with van der Waals surface area (Å²) in [5.41, 5.74) is 5.44. The van der Waals surface area contributed by atoms with E-state index in [0.717, 1.165) is 0 Å². The van der Waals surface area contributed by atoms with Crippen LogP contribution in [0.5, 0.6) is 0 Å². The number of likely N-dealkylation sites (N-methyl/N-ethyl adjacent to an activating group) is 2. The molecule has 0 aromatic rings. The van der Waals surface area contributed by atoms with Crippen molar-refractivity contribution in [1.82, 2.24) is 15.1 Å². The molecule has 0 spiro atoms. The molecule has 184 valence electrons. The van der Waals surface area contributed by atoms with Crippen LogP contribution in [-0.4, -0.2) is 77.4 Å². The van der Waals surface area contributed by atoms with Crippen LogP contribution in [0.25, 0.3) is 0 Å². The van der Waals surface area contributed by atoms with E-state index in [0.29, 0.717) is 19.3 Å². The number of hydrogen-bond acceptors (Lipinski definition) is 5. The highest BCUT2D eigenvalue weighted by Gasteiger charge is 2.29. The van der Waals surface area contributed by atoms with Crippen molar-refractivity contribution < 1.29 is 24.3 Å². The highest BCUT2D eigenvalue weighted by molar-refractivity contribution is 5.92. The van der Waals surface area contributed by atoms with Gasteiger partial charge in [0, 0.05) is 14.1 Å². The third-order valence-electron chi connectivity index (χ3n) is 5.47. The quantitative estimate of drug-likeness (QED) is 0.337. The fraction of sp³-hybridized carbons (Fsp3) is 0.739. The van der Waals surface area contributed by atoms with E-state index in [9.17, 15) is 24.3 Å². The summed E-state index contributed by atoms with van der Waals surface area (Å²) < 4.78 is 0. The van der Waals surface area contributed by atoms with Gasteiger partial charge in [0.15, 0.2) is 0 Å². The predicted octanol–water partition coefficient (Wildman–Crippen LogP) is 1.05. The first-order valence-corrected chi connectivity index (χ1v) is 11.2. The third-order valence-corrected chi connectivity index (χ3v) is 5.47. The maximum absolute atomic E-state index is 12.8. The molecule has 0 aliphatic rings. The number of carbonyl (C=O) groups excluding carboxylic acids is 4. The Bertz CT molecular complexity index is 665. The molecule has 0 bridgehead atoms. The molecule has 9 nitrogen and oxygen atoms in total. The highest BCUT2D eigenvalue weighted by atomic mass is 16.3. The van der Waals surface area contributed by atoms with Gasteiger partial charge in [0.05, 0.1) is 19.1 Å². The minimum Gasteiger partial charge on any atom is -0.392 e. The number of nitrogens with zero attached hydrogens (tertiary/aromatic N) is 2. The molecule has 0 fully saturated rings. The Labute approximate surface area is 192 Å². The van der Waals surface area contributed by atoms with Gasteiger partial charge in [0.1, 0.15) is 12.1 Å². The number of amides is 4. The molecule has 0 aliphatic carbocycles. The second-order valence-electron chi connectivity index (χ2n) is 8.83. The minimum atomic E-state index is -0.821. The van der Waals surface area contributed by atoms with Crippen LogP contribution >= 0.6 is 0 Å². The number of nitrogens with one attached hydrogen (secondary N) is 1. The lowest BCUT2D eigenvalue weighted by Gasteiger charge is -2.30. The highest BCUT2D eigenvalue weighted by Crippen LogP contribution is 2.13. The van der Waals surface area contributed by atoms with E-state index in [-0.39, 0.29) is 24.8 Å². The van der Waals surface area contributed by atoms with Crippen LogP contribution in [0.4, 0.5) is 0 Å². The predicted molar refractivity (Wildman–Crippen MR) is 124 cm³/mol. The number of rotatable bonds is 14. The first-order chi connectivity index (χ1) is 14.8. The number of nitrogens with two attached hydrogens (primary N) is 1. The van der Waals surface area contributed by atoms with E-state index < -0.39 is 41.8 Å². The Kier molecular flexibility index (Phi) is 13.5. The molecule has 4 amide bonds. The summed E-state index contributed by atoms with van der Waals surface area (Å²) in [5.74, 6) is -1.78. The summed E-state index contributed by atoms with van der Waals surface area (Å²) >= 11 is 0. The molecule has 0 aromatic heterocycles. The second kappa shape index (κ2) is 14.6. The Balaban J connectivity index is 4.96. The molecule has 0 saturated heterocycles. The fourth-order valence-corrected chi connectivity index (χ4v) is 3.23. The lowest BCUT2D eigenvalue weighted by molar-refractivity contribution is -0.144. The van der Waals surface area contributed by atoms with Crippen LogP contribution < -0.4 is 11.1 Å². The van der Waals surface area contributed by atoms with Crippen molar-refractivity contribution in [3.05, 3.63) is 12.2 Å². The van der Waals surface area contributed by atoms with Crippen molar-refractivity contribution >= 4 is 23.6 Å². The number of carbonyl (C=O) groups is 4. The Morgan fingerprint density at radius 2 is 1.72 bits per heavy atom. The standard InChI is InChI=1S/C23H42N4O5/c1-8-10-11-16(5)19(28)13-20(29)25-17(9-2)23(32)26(6)14-21(30)27(7)18(22(24)31)12-15(3)4/h8,10,15-19,28H,9,11-14H2,1-7H3,(H2,24,31)(H,25,29)/b10-8+/t16-,17+,18+,19+/m1/s1. The molecule has 4 N–H and O–H groups in total. The van der Waals surface area contributed by atoms with E-state index in [2.05, 4.69) is 5.32 Å². The van der Waals surface area contributed by atoms with Crippen LogP contribution in [0.2, 0.25) is 0 Å². The van der Waals surface area contributed by atoms with Gasteiger partial charge < -0.3 is 26.0 Å². The van der Waals surface area contributed by atoms with Gasteiger partial charge in [-0.2, -0.15) is 0 Å². The van der Waals surface area contributed by atoms with E-state index in [1.54, 1.807) is 6.92 Å². The summed E-state index contributed by atoms with van der Waals surface area (Å²) in [4.78, 5) is 52.0. The molecule has 0 aromatic carbocycles. The Morgan fingerprint density at radius 3 is 2.19 bits per heavy atom. The summed E-state index contributed by atoms with van der Waals surface area (Å²) in [5, 5.41) is 12.9. The van der Waals surface area contributed by atoms with Crippen molar-refractivity contribution in [3.63, 3.8) is 0 Å². The normalized spacial score (nSPS) is 15.2. The maximum Gasteiger partial charge on any atom is 0.245 e. The Morgan fingerprint density at radius 1 is 1.12 bits per heavy atom. The summed E-state index contributed by atoms with van der Waals surface area (Å²) in [6.45, 7) is 9.11. The number of primary amides is 1. The molecule has 0 unspecified atom stereocenters. The monoisotopic (exact) mass is 454 g/mol. The number of allylic oxidation sites excluding steroid dienone is 2. The van der Waals surface area contributed by atoms with E-state index in [1.165, 1.54) is 23.9 Å². The number of aliphatic hydroxyl groups is 1. The zero-order chi connectivity index (χ0) is 25.0. The average molecular weight is 455 g/mol. The van der Waals surface area contributed by atoms with Gasteiger partial charge in [-0.25, -0.2) is 0 Å². The largest absolute Gasteiger partial charge is 0.392 e. The van der Waals surface area contributed by atoms with Crippen LogP contribution in [-0.2, 0) is 19.2 Å². The first-order valence-electron chi connectivity index (χ1n) is 11.2. The molecule has 0 rings (SSSR count). The van der Waals surface area contributed by atoms with Crippen LogP contribution in [0.1, 0.15) is 60.3 Å². The van der Waals surface area contributed by atoms with Crippen LogP contribution in [0, 0.1) is 11.8 Å². The molecule has 4 atom stereocenters. The first kappa shape index (κ1) is 29.6. The zero-order valence-electron chi connectivity index (χ0n) is 20.6. The smallest absolute Gasteiger partial charge is 0.245 e. The van der Waals surface area contributed by atoms with Gasteiger partial charge in [0.25, 0.3) is 0 Å². The van der Waals surface area contributed by atoms with Crippen LogP contribution in [0.15, 0.2) is 12.2 Å². The van der Waals surface area contributed by atoms with Gasteiger partial charge in [-0.15, -0.1) is 0 Å². The fourth-order valence-electron chi connectivity index (χ4n) is 3.23. The van der Waals surface area contributed by atoms with Crippen molar-refractivity contribution in [3.8, 4) is 0 Å². The zero-order valence-corrected chi connectivity index (χ0v) is 20.6. The molecule has 32 heavy (non-hydrogen) atoms. The van der Waals surface area contributed by atoms with Crippen molar-refractivity contribution in [2.75, 3.05) is 20.6 Å². The lowest BCUT2D eigenvalue weighted by atomic mass is 9.97. The van der Waals surface area contributed by atoms with E-state index in [4.69, 9.17) is 5.73 Å². The minimum absolute atomic E-state index is 0.0902. The molecule has 0 aliphatic heterocycles. The van der Waals surface area contributed by atoms with Crippen molar-refractivity contribution in [2.45, 2.75) is 78.5 Å². The van der Waals surface area contributed by atoms with Gasteiger partial charge in [-0.1, -0.05) is 39.8 Å². The van der Waals surface area contributed by atoms with Crippen molar-refractivity contribution in [1.29, 1.82) is 0 Å². The number of hydrogen-bond donors (Lipinski definition) is 3. The molecular formula is C23H42N4O5. The molecule has 0 heterocycles. The van der Waals surface area contributed by atoms with Gasteiger partial charge in [-0.05, 0) is 38.0 Å². The SMILES string of the molecule is C/C=C/C[C@@H](C)[C@@H](O)CC(=O)N[C@@H](CC)C(=O)N(C)CC(=O)N(C)[C@@H](CC(C)C)C(N)=O. The summed E-state index contributed by atoms with van der Waals surface area (Å²) in [6, 6.07) is -1.56. The average Bonchev–Trinajstić information content (AvgIpc) is 2.72. The third kappa shape index (κ3) is 10.3. The lowest BCUT2D eigenvalue weighted by Crippen LogP contribution is -2.52. The molecule has 0 saturated carbocycles. The molecular weight excluding hydrogens is 412 g/mol. The molecule has 9 heteroatoms. The summed E-state index contributed by atoms with van der Waals surface area (Å²) in [6.07, 6.45) is 4.30. The van der Waals surface area contributed by atoms with E-state index in [1.807, 2.05) is 39.8 Å². The summed E-state index contributed by atoms with van der Waals surface area (Å²) in [7, 11) is 2.96. The van der Waals surface area contributed by atoms with Gasteiger partial charge >= 0.3 is 0 Å². The maximum atomic E-state index is 12.8. The van der Waals surface area contributed by atoms with E-state index >= 15 is 0 Å².